The maximum atomic E-state index is 12.4. The molecule has 1 aromatic carbocycles. The number of nitrogens with one attached hydrogen (secondary N) is 1. The summed E-state index contributed by atoms with van der Waals surface area (Å²) in [6.07, 6.45) is 4.73. The van der Waals surface area contributed by atoms with Gasteiger partial charge >= 0.3 is 0 Å². The number of rotatable bonds is 5. The topological polar surface area (TPSA) is 69.2 Å². The van der Waals surface area contributed by atoms with Crippen LogP contribution in [0.25, 0.3) is 0 Å². The van der Waals surface area contributed by atoms with Gasteiger partial charge in [0.1, 0.15) is 0 Å². The zero-order chi connectivity index (χ0) is 16.4. The first-order valence-electron chi connectivity index (χ1n) is 7.83. The predicted octanol–water partition coefficient (Wildman–Crippen LogP) is 2.62. The van der Waals surface area contributed by atoms with Crippen LogP contribution in [0.3, 0.4) is 0 Å². The van der Waals surface area contributed by atoms with Crippen molar-refractivity contribution in [1.82, 2.24) is 5.43 Å². The van der Waals surface area contributed by atoms with E-state index in [-0.39, 0.29) is 5.91 Å². The Morgan fingerprint density at radius 2 is 1.83 bits per heavy atom. The summed E-state index contributed by atoms with van der Waals surface area (Å²) < 4.78 is 15.8. The molecule has 0 aliphatic heterocycles. The van der Waals surface area contributed by atoms with Crippen molar-refractivity contribution in [2.24, 2.45) is 16.9 Å². The van der Waals surface area contributed by atoms with E-state index in [0.717, 1.165) is 18.1 Å². The SMILES string of the molecule is COc1cc(C(=O)NN=C2CC3CCC2C3)cc(OC)c1OC. The van der Waals surface area contributed by atoms with E-state index in [2.05, 4.69) is 10.5 Å². The minimum Gasteiger partial charge on any atom is -0.493 e. The van der Waals surface area contributed by atoms with Crippen LogP contribution < -0.4 is 19.6 Å². The highest BCUT2D eigenvalue weighted by Gasteiger charge is 2.36. The lowest BCUT2D eigenvalue weighted by Crippen LogP contribution is -2.22. The monoisotopic (exact) mass is 318 g/mol. The molecular weight excluding hydrogens is 296 g/mol. The molecule has 1 amide bonds. The Balaban J connectivity index is 1.78. The summed E-state index contributed by atoms with van der Waals surface area (Å²) >= 11 is 0. The summed E-state index contributed by atoms with van der Waals surface area (Å²) in [5, 5.41) is 4.34. The van der Waals surface area contributed by atoms with Crippen LogP contribution >= 0.6 is 0 Å². The number of carbonyl (C=O) groups excluding carboxylic acids is 1. The van der Waals surface area contributed by atoms with Crippen molar-refractivity contribution in [2.45, 2.75) is 25.7 Å². The van der Waals surface area contributed by atoms with Gasteiger partial charge in [-0.1, -0.05) is 0 Å². The Kier molecular flexibility index (Phi) is 4.41. The minimum atomic E-state index is -0.278. The van der Waals surface area contributed by atoms with Gasteiger partial charge < -0.3 is 14.2 Å². The zero-order valence-corrected chi connectivity index (χ0v) is 13.7. The van der Waals surface area contributed by atoms with E-state index in [1.807, 2.05) is 0 Å². The summed E-state index contributed by atoms with van der Waals surface area (Å²) in [5.41, 5.74) is 4.21. The van der Waals surface area contributed by atoms with Crippen molar-refractivity contribution in [3.63, 3.8) is 0 Å². The van der Waals surface area contributed by atoms with Gasteiger partial charge in [0, 0.05) is 11.3 Å². The Labute approximate surface area is 135 Å². The van der Waals surface area contributed by atoms with Gasteiger partial charge in [-0.3, -0.25) is 4.79 Å². The molecule has 3 rings (SSSR count). The Hall–Kier alpha value is -2.24. The highest BCUT2D eigenvalue weighted by atomic mass is 16.5. The molecule has 0 spiro atoms. The Bertz CT molecular complexity index is 616. The maximum Gasteiger partial charge on any atom is 0.271 e. The minimum absolute atomic E-state index is 0.278. The molecular formula is C17H22N2O4. The molecule has 2 aliphatic rings. The number of hydrogen-bond acceptors (Lipinski definition) is 5. The molecule has 6 nitrogen and oxygen atoms in total. The third kappa shape index (κ3) is 2.98. The quantitative estimate of drug-likeness (QED) is 0.847. The van der Waals surface area contributed by atoms with E-state index >= 15 is 0 Å². The summed E-state index contributed by atoms with van der Waals surface area (Å²) in [5.74, 6) is 2.40. The maximum absolute atomic E-state index is 12.4. The largest absolute Gasteiger partial charge is 0.493 e. The fourth-order valence-electron chi connectivity index (χ4n) is 3.56. The van der Waals surface area contributed by atoms with Gasteiger partial charge in [-0.15, -0.1) is 0 Å². The fraction of sp³-hybridized carbons (Fsp3) is 0.529. The molecule has 2 saturated carbocycles. The number of nitrogens with zero attached hydrogens (tertiary/aromatic N) is 1. The second kappa shape index (κ2) is 6.48. The first-order chi connectivity index (χ1) is 11.2. The average molecular weight is 318 g/mol. The first-order valence-corrected chi connectivity index (χ1v) is 7.83. The van der Waals surface area contributed by atoms with Gasteiger partial charge in [-0.05, 0) is 49.7 Å². The van der Waals surface area contributed by atoms with Crippen molar-refractivity contribution in [2.75, 3.05) is 21.3 Å². The molecule has 0 aromatic heterocycles. The van der Waals surface area contributed by atoms with Crippen LogP contribution in [0.5, 0.6) is 17.2 Å². The third-order valence-electron chi connectivity index (χ3n) is 4.74. The Morgan fingerprint density at radius 3 is 2.30 bits per heavy atom. The van der Waals surface area contributed by atoms with E-state index < -0.39 is 0 Å². The summed E-state index contributed by atoms with van der Waals surface area (Å²) in [4.78, 5) is 12.4. The standard InChI is InChI=1S/C17H22N2O4/c1-21-14-8-12(9-15(22-2)16(14)23-3)17(20)19-18-13-7-10-4-5-11(13)6-10/h8-11H,4-7H2,1-3H3,(H,19,20). The van der Waals surface area contributed by atoms with Gasteiger partial charge in [0.25, 0.3) is 5.91 Å². The second-order valence-corrected chi connectivity index (χ2v) is 6.04. The molecule has 2 bridgehead atoms. The van der Waals surface area contributed by atoms with E-state index in [9.17, 15) is 4.79 Å². The van der Waals surface area contributed by atoms with Crippen LogP contribution in [-0.2, 0) is 0 Å². The smallest absolute Gasteiger partial charge is 0.271 e. The van der Waals surface area contributed by atoms with E-state index in [1.54, 1.807) is 12.1 Å². The lowest BCUT2D eigenvalue weighted by atomic mass is 9.99. The molecule has 6 heteroatoms. The average Bonchev–Trinajstić information content (AvgIpc) is 3.21. The van der Waals surface area contributed by atoms with Gasteiger partial charge in [0.05, 0.1) is 21.3 Å². The van der Waals surface area contributed by atoms with Crippen molar-refractivity contribution in [1.29, 1.82) is 0 Å². The summed E-state index contributed by atoms with van der Waals surface area (Å²) in [6, 6.07) is 3.25. The van der Waals surface area contributed by atoms with Crippen molar-refractivity contribution in [3.8, 4) is 17.2 Å². The second-order valence-electron chi connectivity index (χ2n) is 6.04. The zero-order valence-electron chi connectivity index (χ0n) is 13.7. The number of benzene rings is 1. The van der Waals surface area contributed by atoms with Gasteiger partial charge in [0.15, 0.2) is 11.5 Å². The normalized spacial score (nSPS) is 23.9. The number of hydrogen-bond donors (Lipinski definition) is 1. The predicted molar refractivity (Wildman–Crippen MR) is 86.4 cm³/mol. The van der Waals surface area contributed by atoms with Crippen molar-refractivity contribution < 1.29 is 19.0 Å². The molecule has 124 valence electrons. The highest BCUT2D eigenvalue weighted by Crippen LogP contribution is 2.42. The summed E-state index contributed by atoms with van der Waals surface area (Å²) in [6.45, 7) is 0. The molecule has 1 N–H and O–H groups in total. The molecule has 2 unspecified atom stereocenters. The Morgan fingerprint density at radius 1 is 1.13 bits per heavy atom. The molecule has 2 aliphatic carbocycles. The number of ether oxygens (including phenoxy) is 3. The van der Waals surface area contributed by atoms with E-state index in [4.69, 9.17) is 14.2 Å². The molecule has 1 aromatic rings. The van der Waals surface area contributed by atoms with Crippen LogP contribution in [-0.4, -0.2) is 32.9 Å². The number of methoxy groups -OCH3 is 3. The van der Waals surface area contributed by atoms with Crippen LogP contribution in [0.1, 0.15) is 36.0 Å². The molecule has 2 fully saturated rings. The van der Waals surface area contributed by atoms with Gasteiger partial charge in [-0.25, -0.2) is 5.43 Å². The summed E-state index contributed by atoms with van der Waals surface area (Å²) in [7, 11) is 4.57. The van der Waals surface area contributed by atoms with Gasteiger partial charge in [-0.2, -0.15) is 5.10 Å². The lowest BCUT2D eigenvalue weighted by molar-refractivity contribution is 0.0953. The molecule has 0 heterocycles. The fourth-order valence-corrected chi connectivity index (χ4v) is 3.56. The molecule has 23 heavy (non-hydrogen) atoms. The lowest BCUT2D eigenvalue weighted by Gasteiger charge is -2.14. The third-order valence-corrected chi connectivity index (χ3v) is 4.74. The van der Waals surface area contributed by atoms with E-state index in [0.29, 0.717) is 28.7 Å². The molecule has 2 atom stereocenters. The van der Waals surface area contributed by atoms with Crippen molar-refractivity contribution in [3.05, 3.63) is 17.7 Å². The number of hydrazone groups is 1. The van der Waals surface area contributed by atoms with Crippen LogP contribution in [0, 0.1) is 11.8 Å². The molecule has 0 saturated heterocycles. The number of carbonyl (C=O) groups is 1. The van der Waals surface area contributed by atoms with Gasteiger partial charge in [0.2, 0.25) is 5.75 Å². The number of amides is 1. The first kappa shape index (κ1) is 15.6. The van der Waals surface area contributed by atoms with Crippen molar-refractivity contribution >= 4 is 11.6 Å². The number of fused-ring (bicyclic) bond motifs is 2. The molecule has 0 radical (unpaired) electrons. The highest BCUT2D eigenvalue weighted by molar-refractivity contribution is 5.97. The van der Waals surface area contributed by atoms with Crippen LogP contribution in [0.2, 0.25) is 0 Å². The van der Waals surface area contributed by atoms with Crippen LogP contribution in [0.4, 0.5) is 0 Å². The van der Waals surface area contributed by atoms with E-state index in [1.165, 1.54) is 40.6 Å². The van der Waals surface area contributed by atoms with Crippen LogP contribution in [0.15, 0.2) is 17.2 Å².